The molecule has 1 aliphatic rings. The van der Waals surface area contributed by atoms with Crippen LogP contribution in [0.4, 0.5) is 0 Å². The molecule has 0 aromatic heterocycles. The van der Waals surface area contributed by atoms with Gasteiger partial charge in [-0.25, -0.2) is 0 Å². The second-order valence-electron chi connectivity index (χ2n) is 4.28. The van der Waals surface area contributed by atoms with Crippen molar-refractivity contribution in [2.75, 3.05) is 0 Å². The van der Waals surface area contributed by atoms with Gasteiger partial charge in [0.25, 0.3) is 0 Å². The van der Waals surface area contributed by atoms with Gasteiger partial charge < -0.3 is 0 Å². The van der Waals surface area contributed by atoms with Crippen molar-refractivity contribution < 1.29 is 4.79 Å². The minimum absolute atomic E-state index is 0.433. The molecule has 0 aromatic rings. The van der Waals surface area contributed by atoms with Crippen LogP contribution in [0.1, 0.15) is 64.7 Å². The molecule has 1 nitrogen and oxygen atoms in total. The first-order chi connectivity index (χ1) is 6.83. The molecular formula is C13H22O. The predicted octanol–water partition coefficient (Wildman–Crippen LogP) is 4.03. The summed E-state index contributed by atoms with van der Waals surface area (Å²) in [6.45, 7) is 2.24. The highest BCUT2D eigenvalue weighted by molar-refractivity contribution is 5.84. The van der Waals surface area contributed by atoms with E-state index < -0.39 is 0 Å². The molecule has 0 aromatic carbocycles. The summed E-state index contributed by atoms with van der Waals surface area (Å²) in [5.74, 6) is 0.433. The fourth-order valence-corrected chi connectivity index (χ4v) is 1.96. The molecule has 80 valence electrons. The standard InChI is InChI=1S/C13H22O/c1-2-3-4-5-6-7-8-12-9-10-13(14)11-12/h8H,2-7,9-11H2,1H3/b12-8-. The van der Waals surface area contributed by atoms with Crippen molar-refractivity contribution >= 4 is 5.78 Å². The van der Waals surface area contributed by atoms with Gasteiger partial charge in [0.2, 0.25) is 0 Å². The van der Waals surface area contributed by atoms with E-state index in [1.165, 1.54) is 44.1 Å². The van der Waals surface area contributed by atoms with Crippen molar-refractivity contribution in [2.24, 2.45) is 0 Å². The first-order valence-electron chi connectivity index (χ1n) is 6.02. The van der Waals surface area contributed by atoms with Crippen molar-refractivity contribution in [3.8, 4) is 0 Å². The molecular weight excluding hydrogens is 172 g/mol. The molecule has 1 fully saturated rings. The van der Waals surface area contributed by atoms with Crippen LogP contribution in [-0.4, -0.2) is 5.78 Å². The monoisotopic (exact) mass is 194 g/mol. The lowest BCUT2D eigenvalue weighted by Gasteiger charge is -1.97. The summed E-state index contributed by atoms with van der Waals surface area (Å²) in [5.41, 5.74) is 1.39. The van der Waals surface area contributed by atoms with E-state index in [-0.39, 0.29) is 0 Å². The molecule has 0 unspecified atom stereocenters. The van der Waals surface area contributed by atoms with Crippen LogP contribution in [0.3, 0.4) is 0 Å². The maximum absolute atomic E-state index is 11.0. The minimum atomic E-state index is 0.433. The van der Waals surface area contributed by atoms with Gasteiger partial charge in [0, 0.05) is 12.8 Å². The van der Waals surface area contributed by atoms with Gasteiger partial charge in [0.05, 0.1) is 0 Å². The molecule has 0 amide bonds. The van der Waals surface area contributed by atoms with Crippen LogP contribution in [0.2, 0.25) is 0 Å². The molecule has 1 saturated carbocycles. The van der Waals surface area contributed by atoms with Crippen LogP contribution < -0.4 is 0 Å². The third-order valence-electron chi connectivity index (χ3n) is 2.89. The summed E-state index contributed by atoms with van der Waals surface area (Å²) in [5, 5.41) is 0. The zero-order valence-electron chi connectivity index (χ0n) is 9.35. The van der Waals surface area contributed by atoms with Crippen LogP contribution in [0, 0.1) is 0 Å². The maximum Gasteiger partial charge on any atom is 0.137 e. The Hall–Kier alpha value is -0.590. The third-order valence-corrected chi connectivity index (χ3v) is 2.89. The summed E-state index contributed by atoms with van der Waals surface area (Å²) in [7, 11) is 0. The van der Waals surface area contributed by atoms with Gasteiger partial charge >= 0.3 is 0 Å². The molecule has 0 atom stereocenters. The van der Waals surface area contributed by atoms with Crippen molar-refractivity contribution in [2.45, 2.75) is 64.7 Å². The minimum Gasteiger partial charge on any atom is -0.299 e. The van der Waals surface area contributed by atoms with E-state index in [0.717, 1.165) is 19.3 Å². The molecule has 0 saturated heterocycles. The maximum atomic E-state index is 11.0. The molecule has 0 N–H and O–H groups in total. The van der Waals surface area contributed by atoms with E-state index in [2.05, 4.69) is 13.0 Å². The van der Waals surface area contributed by atoms with Crippen LogP contribution >= 0.6 is 0 Å². The molecule has 0 radical (unpaired) electrons. The Labute approximate surface area is 87.6 Å². The van der Waals surface area contributed by atoms with Gasteiger partial charge in [0.15, 0.2) is 0 Å². The lowest BCUT2D eigenvalue weighted by Crippen LogP contribution is -1.84. The quantitative estimate of drug-likeness (QED) is 0.461. The zero-order chi connectivity index (χ0) is 10.2. The Balaban J connectivity index is 2.00. The van der Waals surface area contributed by atoms with E-state index in [4.69, 9.17) is 0 Å². The highest BCUT2D eigenvalue weighted by Crippen LogP contribution is 2.21. The lowest BCUT2D eigenvalue weighted by atomic mass is 10.1. The van der Waals surface area contributed by atoms with E-state index in [1.807, 2.05) is 0 Å². The largest absolute Gasteiger partial charge is 0.299 e. The molecule has 0 spiro atoms. The molecule has 0 aliphatic heterocycles. The smallest absolute Gasteiger partial charge is 0.137 e. The lowest BCUT2D eigenvalue weighted by molar-refractivity contribution is -0.117. The van der Waals surface area contributed by atoms with E-state index in [9.17, 15) is 4.79 Å². The number of ketones is 1. The van der Waals surface area contributed by atoms with Gasteiger partial charge in [-0.1, -0.05) is 44.3 Å². The van der Waals surface area contributed by atoms with Crippen molar-refractivity contribution in [1.82, 2.24) is 0 Å². The Kier molecular flexibility index (Phi) is 5.58. The van der Waals surface area contributed by atoms with Crippen LogP contribution in [-0.2, 0) is 4.79 Å². The predicted molar refractivity (Wildman–Crippen MR) is 60.3 cm³/mol. The average Bonchev–Trinajstić information content (AvgIpc) is 2.58. The van der Waals surface area contributed by atoms with Gasteiger partial charge in [-0.3, -0.25) is 4.79 Å². The van der Waals surface area contributed by atoms with Crippen molar-refractivity contribution in [3.63, 3.8) is 0 Å². The molecule has 0 heterocycles. The number of hydrogen-bond donors (Lipinski definition) is 0. The summed E-state index contributed by atoms with van der Waals surface area (Å²) in [6, 6.07) is 0. The summed E-state index contributed by atoms with van der Waals surface area (Å²) < 4.78 is 0. The summed E-state index contributed by atoms with van der Waals surface area (Å²) in [6.07, 6.45) is 12.8. The Bertz CT molecular complexity index is 203. The number of Topliss-reactive ketones (excluding diaryl/α,β-unsaturated/α-hetero) is 1. The fraction of sp³-hybridized carbons (Fsp3) is 0.769. The number of allylic oxidation sites excluding steroid dienone is 2. The van der Waals surface area contributed by atoms with Crippen molar-refractivity contribution in [1.29, 1.82) is 0 Å². The zero-order valence-corrected chi connectivity index (χ0v) is 9.35. The number of hydrogen-bond acceptors (Lipinski definition) is 1. The van der Waals surface area contributed by atoms with Gasteiger partial charge in [-0.2, -0.15) is 0 Å². The second kappa shape index (κ2) is 6.80. The fourth-order valence-electron chi connectivity index (χ4n) is 1.96. The third kappa shape index (κ3) is 4.59. The molecule has 1 rings (SSSR count). The van der Waals surface area contributed by atoms with Crippen LogP contribution in [0.25, 0.3) is 0 Å². The van der Waals surface area contributed by atoms with Gasteiger partial charge in [0.1, 0.15) is 5.78 Å². The normalized spacial score (nSPS) is 19.5. The highest BCUT2D eigenvalue weighted by atomic mass is 16.1. The summed E-state index contributed by atoms with van der Waals surface area (Å²) >= 11 is 0. The number of rotatable bonds is 6. The Morgan fingerprint density at radius 1 is 1.14 bits per heavy atom. The van der Waals surface area contributed by atoms with Crippen LogP contribution in [0.5, 0.6) is 0 Å². The van der Waals surface area contributed by atoms with Crippen LogP contribution in [0.15, 0.2) is 11.6 Å². The number of unbranched alkanes of at least 4 members (excludes halogenated alkanes) is 5. The molecule has 0 bridgehead atoms. The Morgan fingerprint density at radius 2 is 1.93 bits per heavy atom. The van der Waals surface area contributed by atoms with E-state index >= 15 is 0 Å². The van der Waals surface area contributed by atoms with E-state index in [0.29, 0.717) is 5.78 Å². The second-order valence-corrected chi connectivity index (χ2v) is 4.28. The topological polar surface area (TPSA) is 17.1 Å². The van der Waals surface area contributed by atoms with E-state index in [1.54, 1.807) is 0 Å². The van der Waals surface area contributed by atoms with Gasteiger partial charge in [-0.05, 0) is 19.3 Å². The first-order valence-corrected chi connectivity index (χ1v) is 6.02. The first kappa shape index (κ1) is 11.5. The highest BCUT2D eigenvalue weighted by Gasteiger charge is 2.14. The molecule has 1 heteroatoms. The van der Waals surface area contributed by atoms with Gasteiger partial charge in [-0.15, -0.1) is 0 Å². The van der Waals surface area contributed by atoms with Crippen molar-refractivity contribution in [3.05, 3.63) is 11.6 Å². The Morgan fingerprint density at radius 3 is 2.57 bits per heavy atom. The number of carbonyl (C=O) groups is 1. The summed E-state index contributed by atoms with van der Waals surface area (Å²) in [4.78, 5) is 11.0. The SMILES string of the molecule is CCCCCCC/C=C1/CCC(=O)C1. The number of carbonyl (C=O) groups excluding carboxylic acids is 1. The molecule has 1 aliphatic carbocycles. The molecule has 14 heavy (non-hydrogen) atoms. The average molecular weight is 194 g/mol.